The van der Waals surface area contributed by atoms with Crippen LogP contribution in [0.15, 0.2) is 24.3 Å². The van der Waals surface area contributed by atoms with Gasteiger partial charge in [-0.25, -0.2) is 0 Å². The highest BCUT2D eigenvalue weighted by Crippen LogP contribution is 2.07. The molecule has 1 aliphatic rings. The highest BCUT2D eigenvalue weighted by Gasteiger charge is 2.14. The molecule has 4 nitrogen and oxygen atoms in total. The molecule has 1 aliphatic heterocycles. The normalized spacial score (nSPS) is 14.2. The Morgan fingerprint density at radius 1 is 1.25 bits per heavy atom. The zero-order valence-corrected chi connectivity index (χ0v) is 12.4. The van der Waals surface area contributed by atoms with Crippen LogP contribution >= 0.6 is 0 Å². The van der Waals surface area contributed by atoms with Gasteiger partial charge in [0.05, 0.1) is 6.54 Å². The second kappa shape index (κ2) is 9.26. The Kier molecular flexibility index (Phi) is 7.58. The number of rotatable bonds is 3. The van der Waals surface area contributed by atoms with Gasteiger partial charge in [0.1, 0.15) is 6.29 Å². The minimum absolute atomic E-state index is 0.243. The van der Waals surface area contributed by atoms with E-state index in [1.807, 2.05) is 43.1 Å². The van der Waals surface area contributed by atoms with Gasteiger partial charge >= 0.3 is 0 Å². The van der Waals surface area contributed by atoms with Crippen molar-refractivity contribution in [2.24, 2.45) is 0 Å². The maximum atomic E-state index is 11.3. The van der Waals surface area contributed by atoms with E-state index in [1.165, 1.54) is 19.3 Å². The molecule has 0 aromatic heterocycles. The molecular formula is C16H24N2O2. The van der Waals surface area contributed by atoms with Crippen LogP contribution < -0.4 is 5.32 Å². The minimum atomic E-state index is 0.243. The summed E-state index contributed by atoms with van der Waals surface area (Å²) < 4.78 is 0. The summed E-state index contributed by atoms with van der Waals surface area (Å²) in [6.07, 6.45) is 4.50. The Morgan fingerprint density at radius 2 is 1.90 bits per heavy atom. The average Bonchev–Trinajstić information content (AvgIpc) is 2.49. The number of carbonyl (C=O) groups is 2. The van der Waals surface area contributed by atoms with E-state index in [2.05, 4.69) is 5.32 Å². The van der Waals surface area contributed by atoms with Crippen LogP contribution in [-0.4, -0.2) is 43.8 Å². The number of hydrogen-bond donors (Lipinski definition) is 1. The lowest BCUT2D eigenvalue weighted by Gasteiger charge is -2.26. The first kappa shape index (κ1) is 16.4. The molecule has 1 heterocycles. The number of likely N-dealkylation sites (N-methyl/N-ethyl adjacent to an activating group) is 1. The number of benzene rings is 1. The first-order valence-corrected chi connectivity index (χ1v) is 7.12. The van der Waals surface area contributed by atoms with Crippen LogP contribution in [0.2, 0.25) is 0 Å². The van der Waals surface area contributed by atoms with Crippen molar-refractivity contribution in [3.63, 3.8) is 0 Å². The van der Waals surface area contributed by atoms with Gasteiger partial charge in [-0.15, -0.1) is 0 Å². The lowest BCUT2D eigenvalue weighted by Crippen LogP contribution is -2.40. The number of hydrogen-bond acceptors (Lipinski definition) is 3. The van der Waals surface area contributed by atoms with Gasteiger partial charge in [-0.05, 0) is 38.8 Å². The van der Waals surface area contributed by atoms with E-state index in [0.29, 0.717) is 6.54 Å². The van der Waals surface area contributed by atoms with Crippen molar-refractivity contribution >= 4 is 12.2 Å². The van der Waals surface area contributed by atoms with Crippen LogP contribution in [0.4, 0.5) is 0 Å². The van der Waals surface area contributed by atoms with Crippen molar-refractivity contribution in [2.45, 2.75) is 26.2 Å². The van der Waals surface area contributed by atoms with Gasteiger partial charge < -0.3 is 10.2 Å². The molecule has 1 saturated heterocycles. The largest absolute Gasteiger partial charge is 0.342 e. The van der Waals surface area contributed by atoms with Gasteiger partial charge in [0.2, 0.25) is 5.91 Å². The van der Waals surface area contributed by atoms with Crippen molar-refractivity contribution in [2.75, 3.05) is 26.7 Å². The van der Waals surface area contributed by atoms with E-state index < -0.39 is 0 Å². The summed E-state index contributed by atoms with van der Waals surface area (Å²) in [4.78, 5) is 23.4. The first-order valence-electron chi connectivity index (χ1n) is 7.12. The fourth-order valence-corrected chi connectivity index (χ4v) is 2.13. The molecule has 110 valence electrons. The minimum Gasteiger partial charge on any atom is -0.342 e. The molecule has 0 atom stereocenters. The Hall–Kier alpha value is -1.68. The molecule has 20 heavy (non-hydrogen) atoms. The summed E-state index contributed by atoms with van der Waals surface area (Å²) in [5, 5.41) is 2.87. The Bertz CT molecular complexity index is 426. The third-order valence-corrected chi connectivity index (χ3v) is 3.35. The number of aryl methyl sites for hydroxylation is 1. The lowest BCUT2D eigenvalue weighted by molar-refractivity contribution is -0.131. The Balaban J connectivity index is 0.000000204. The molecule has 1 fully saturated rings. The van der Waals surface area contributed by atoms with E-state index in [0.717, 1.165) is 30.5 Å². The number of nitrogens with zero attached hydrogens (tertiary/aromatic N) is 1. The molecule has 0 radical (unpaired) electrons. The van der Waals surface area contributed by atoms with Gasteiger partial charge in [-0.1, -0.05) is 24.3 Å². The van der Waals surface area contributed by atoms with Gasteiger partial charge in [0, 0.05) is 18.7 Å². The summed E-state index contributed by atoms with van der Waals surface area (Å²) in [6, 6.07) is 7.51. The fourth-order valence-electron chi connectivity index (χ4n) is 2.13. The molecule has 0 bridgehead atoms. The van der Waals surface area contributed by atoms with Gasteiger partial charge in [0.25, 0.3) is 0 Å². The molecule has 0 aliphatic carbocycles. The lowest BCUT2D eigenvalue weighted by atomic mass is 10.1. The topological polar surface area (TPSA) is 49.4 Å². The highest BCUT2D eigenvalue weighted by molar-refractivity contribution is 5.78. The quantitative estimate of drug-likeness (QED) is 0.859. The standard InChI is InChI=1S/C8H16N2O.C8H8O/c1-9-7-8(11)10-5-3-2-4-6-10;1-7-4-2-3-5-8(7)6-9/h9H,2-7H2,1H3;2-6H,1H3. The smallest absolute Gasteiger partial charge is 0.236 e. The van der Waals surface area contributed by atoms with Crippen LogP contribution in [-0.2, 0) is 4.79 Å². The molecule has 2 rings (SSSR count). The fraction of sp³-hybridized carbons (Fsp3) is 0.500. The number of aldehydes is 1. The average molecular weight is 276 g/mol. The summed E-state index contributed by atoms with van der Waals surface area (Å²) in [5.41, 5.74) is 1.81. The monoisotopic (exact) mass is 276 g/mol. The van der Waals surface area contributed by atoms with Gasteiger partial charge in [-0.3, -0.25) is 9.59 Å². The second-order valence-electron chi connectivity index (χ2n) is 4.95. The summed E-state index contributed by atoms with van der Waals surface area (Å²) in [6.45, 7) is 4.32. The summed E-state index contributed by atoms with van der Waals surface area (Å²) in [5.74, 6) is 0.243. The van der Waals surface area contributed by atoms with Crippen molar-refractivity contribution in [1.82, 2.24) is 10.2 Å². The molecule has 1 amide bonds. The predicted octanol–water partition coefficient (Wildman–Crippen LogP) is 2.03. The predicted molar refractivity (Wildman–Crippen MR) is 80.9 cm³/mol. The van der Waals surface area contributed by atoms with E-state index in [4.69, 9.17) is 0 Å². The number of likely N-dealkylation sites (tertiary alicyclic amines) is 1. The molecule has 4 heteroatoms. The van der Waals surface area contributed by atoms with E-state index in [9.17, 15) is 9.59 Å². The van der Waals surface area contributed by atoms with Crippen molar-refractivity contribution in [3.05, 3.63) is 35.4 Å². The maximum absolute atomic E-state index is 11.3. The third-order valence-electron chi connectivity index (χ3n) is 3.35. The second-order valence-corrected chi connectivity index (χ2v) is 4.95. The molecule has 1 N–H and O–H groups in total. The van der Waals surface area contributed by atoms with E-state index >= 15 is 0 Å². The number of amides is 1. The van der Waals surface area contributed by atoms with Crippen molar-refractivity contribution < 1.29 is 9.59 Å². The molecule has 0 unspecified atom stereocenters. The summed E-state index contributed by atoms with van der Waals surface area (Å²) in [7, 11) is 1.81. The molecule has 0 spiro atoms. The Labute approximate surface area is 121 Å². The number of nitrogens with one attached hydrogen (secondary N) is 1. The number of piperidine rings is 1. The third kappa shape index (κ3) is 5.53. The van der Waals surface area contributed by atoms with Crippen LogP contribution in [0, 0.1) is 6.92 Å². The zero-order chi connectivity index (χ0) is 14.8. The highest BCUT2D eigenvalue weighted by atomic mass is 16.2. The zero-order valence-electron chi connectivity index (χ0n) is 12.4. The van der Waals surface area contributed by atoms with Gasteiger partial charge in [0.15, 0.2) is 0 Å². The van der Waals surface area contributed by atoms with Crippen molar-refractivity contribution in [3.8, 4) is 0 Å². The summed E-state index contributed by atoms with van der Waals surface area (Å²) >= 11 is 0. The van der Waals surface area contributed by atoms with Crippen LogP contribution in [0.25, 0.3) is 0 Å². The molecule has 1 aromatic carbocycles. The molecular weight excluding hydrogens is 252 g/mol. The maximum Gasteiger partial charge on any atom is 0.236 e. The number of carbonyl (C=O) groups excluding carboxylic acids is 2. The molecule has 0 saturated carbocycles. The Morgan fingerprint density at radius 3 is 2.40 bits per heavy atom. The first-order chi connectivity index (χ1) is 9.69. The van der Waals surface area contributed by atoms with Crippen LogP contribution in [0.3, 0.4) is 0 Å². The van der Waals surface area contributed by atoms with E-state index in [-0.39, 0.29) is 5.91 Å². The van der Waals surface area contributed by atoms with E-state index in [1.54, 1.807) is 0 Å². The SMILES string of the molecule is CNCC(=O)N1CCCCC1.Cc1ccccc1C=O. The van der Waals surface area contributed by atoms with Crippen molar-refractivity contribution in [1.29, 1.82) is 0 Å². The van der Waals surface area contributed by atoms with Crippen LogP contribution in [0.1, 0.15) is 35.2 Å². The molecule has 1 aromatic rings. The van der Waals surface area contributed by atoms with Gasteiger partial charge in [-0.2, -0.15) is 0 Å². The van der Waals surface area contributed by atoms with Crippen LogP contribution in [0.5, 0.6) is 0 Å².